The number of benzene rings is 3. The van der Waals surface area contributed by atoms with Crippen molar-refractivity contribution in [3.63, 3.8) is 0 Å². The van der Waals surface area contributed by atoms with Crippen molar-refractivity contribution in [3.8, 4) is 11.5 Å². The second kappa shape index (κ2) is 7.82. The molecule has 4 nitrogen and oxygen atoms in total. The van der Waals surface area contributed by atoms with Crippen molar-refractivity contribution < 1.29 is 8.81 Å². The molecule has 0 saturated carbocycles. The molecule has 140 valence electrons. The third kappa shape index (κ3) is 3.75. The van der Waals surface area contributed by atoms with Gasteiger partial charge >= 0.3 is 0 Å². The molecule has 1 atom stereocenters. The van der Waals surface area contributed by atoms with Gasteiger partial charge in [-0.3, -0.25) is 0 Å². The topological polar surface area (TPSA) is 51.0 Å². The van der Waals surface area contributed by atoms with Crippen molar-refractivity contribution in [2.24, 2.45) is 0 Å². The highest BCUT2D eigenvalue weighted by Crippen LogP contribution is 2.31. The van der Waals surface area contributed by atoms with Crippen LogP contribution in [-0.4, -0.2) is 10.2 Å². The Balaban J connectivity index is 1.74. The second-order valence-corrected chi connectivity index (χ2v) is 6.78. The van der Waals surface area contributed by atoms with Crippen LogP contribution >= 0.6 is 11.6 Å². The highest BCUT2D eigenvalue weighted by molar-refractivity contribution is 6.31. The molecule has 0 aliphatic heterocycles. The molecule has 0 fully saturated rings. The number of aromatic nitrogens is 2. The van der Waals surface area contributed by atoms with Crippen molar-refractivity contribution >= 4 is 17.3 Å². The van der Waals surface area contributed by atoms with Gasteiger partial charge in [0.05, 0.1) is 0 Å². The van der Waals surface area contributed by atoms with E-state index in [4.69, 9.17) is 16.0 Å². The van der Waals surface area contributed by atoms with E-state index in [2.05, 4.69) is 15.5 Å². The van der Waals surface area contributed by atoms with Gasteiger partial charge < -0.3 is 9.73 Å². The van der Waals surface area contributed by atoms with Gasteiger partial charge in [0.25, 0.3) is 0 Å². The number of aryl methyl sites for hydroxylation is 1. The van der Waals surface area contributed by atoms with Gasteiger partial charge in [0.2, 0.25) is 11.8 Å². The summed E-state index contributed by atoms with van der Waals surface area (Å²) in [6.07, 6.45) is 0. The van der Waals surface area contributed by atoms with E-state index in [1.807, 2.05) is 49.4 Å². The quantitative estimate of drug-likeness (QED) is 0.449. The zero-order valence-electron chi connectivity index (χ0n) is 15.1. The molecule has 0 saturated heterocycles. The van der Waals surface area contributed by atoms with Crippen LogP contribution in [0.2, 0.25) is 5.02 Å². The Morgan fingerprint density at radius 2 is 1.71 bits per heavy atom. The first-order chi connectivity index (χ1) is 13.6. The largest absolute Gasteiger partial charge is 0.418 e. The van der Waals surface area contributed by atoms with Gasteiger partial charge in [-0.1, -0.05) is 54.1 Å². The molecule has 0 spiro atoms. The lowest BCUT2D eigenvalue weighted by Crippen LogP contribution is -2.14. The molecule has 0 amide bonds. The fourth-order valence-corrected chi connectivity index (χ4v) is 3.06. The zero-order valence-corrected chi connectivity index (χ0v) is 15.8. The summed E-state index contributed by atoms with van der Waals surface area (Å²) in [7, 11) is 0. The molecule has 4 aromatic rings. The van der Waals surface area contributed by atoms with E-state index in [0.717, 1.165) is 16.8 Å². The van der Waals surface area contributed by atoms with E-state index < -0.39 is 6.04 Å². The van der Waals surface area contributed by atoms with E-state index in [9.17, 15) is 4.39 Å². The summed E-state index contributed by atoms with van der Waals surface area (Å²) in [5.74, 6) is 0.277. The van der Waals surface area contributed by atoms with E-state index >= 15 is 0 Å². The minimum atomic E-state index is -0.662. The zero-order chi connectivity index (χ0) is 19.5. The molecule has 1 N–H and O–H groups in total. The molecule has 0 radical (unpaired) electrons. The summed E-state index contributed by atoms with van der Waals surface area (Å²) in [5.41, 5.74) is 2.89. The molecule has 0 bridgehead atoms. The lowest BCUT2D eigenvalue weighted by molar-refractivity contribution is 0.485. The Labute approximate surface area is 167 Å². The first kappa shape index (κ1) is 18.2. The van der Waals surface area contributed by atoms with E-state index in [1.54, 1.807) is 24.3 Å². The van der Waals surface area contributed by atoms with Crippen LogP contribution in [0.1, 0.15) is 23.1 Å². The number of nitrogens with one attached hydrogen (secondary N) is 1. The molecule has 1 heterocycles. The smallest absolute Gasteiger partial charge is 0.247 e. The fourth-order valence-electron chi connectivity index (χ4n) is 2.88. The monoisotopic (exact) mass is 393 g/mol. The van der Waals surface area contributed by atoms with Gasteiger partial charge in [-0.05, 0) is 42.8 Å². The van der Waals surface area contributed by atoms with Crippen LogP contribution in [0.15, 0.2) is 77.2 Å². The van der Waals surface area contributed by atoms with Crippen LogP contribution in [0, 0.1) is 12.7 Å². The molecular weight excluding hydrogens is 377 g/mol. The Kier molecular flexibility index (Phi) is 5.08. The standard InChI is InChI=1S/C22H17ClFN3O/c1-14-11-12-16(13-18(14)23)25-20(17-9-5-6-10-19(17)24)22-27-26-21(28-22)15-7-3-2-4-8-15/h2-13,20,25H,1H3/t20-/m1/s1. The number of hydrogen-bond acceptors (Lipinski definition) is 4. The molecule has 1 aromatic heterocycles. The van der Waals surface area contributed by atoms with Crippen molar-refractivity contribution in [3.05, 3.63) is 101 Å². The molecule has 0 unspecified atom stereocenters. The maximum Gasteiger partial charge on any atom is 0.247 e. The summed E-state index contributed by atoms with van der Waals surface area (Å²) < 4.78 is 20.4. The third-order valence-electron chi connectivity index (χ3n) is 4.41. The van der Waals surface area contributed by atoms with Crippen LogP contribution < -0.4 is 5.32 Å². The van der Waals surface area contributed by atoms with Crippen LogP contribution in [0.3, 0.4) is 0 Å². The maximum absolute atomic E-state index is 14.5. The first-order valence-electron chi connectivity index (χ1n) is 8.78. The SMILES string of the molecule is Cc1ccc(N[C@@H](c2nnc(-c3ccccc3)o2)c2ccccc2F)cc1Cl. The lowest BCUT2D eigenvalue weighted by Gasteiger charge is -2.18. The molecule has 6 heteroatoms. The molecule has 3 aromatic carbocycles. The van der Waals surface area contributed by atoms with Crippen molar-refractivity contribution in [2.45, 2.75) is 13.0 Å². The number of anilines is 1. The summed E-state index contributed by atoms with van der Waals surface area (Å²) >= 11 is 6.24. The van der Waals surface area contributed by atoms with Crippen molar-refractivity contribution in [2.75, 3.05) is 5.32 Å². The van der Waals surface area contributed by atoms with Gasteiger partial charge in [-0.2, -0.15) is 0 Å². The lowest BCUT2D eigenvalue weighted by atomic mass is 10.1. The average molecular weight is 394 g/mol. The number of hydrogen-bond donors (Lipinski definition) is 1. The minimum Gasteiger partial charge on any atom is -0.418 e. The number of rotatable bonds is 5. The number of halogens is 2. The van der Waals surface area contributed by atoms with Gasteiger partial charge in [0.1, 0.15) is 11.9 Å². The molecular formula is C22H17ClFN3O. The Bertz CT molecular complexity index is 1100. The Hall–Kier alpha value is -3.18. The normalized spacial score (nSPS) is 12.0. The summed E-state index contributed by atoms with van der Waals surface area (Å²) in [4.78, 5) is 0. The van der Waals surface area contributed by atoms with E-state index in [0.29, 0.717) is 16.5 Å². The maximum atomic E-state index is 14.5. The molecule has 0 aliphatic rings. The highest BCUT2D eigenvalue weighted by atomic mass is 35.5. The predicted molar refractivity (Wildman–Crippen MR) is 108 cm³/mol. The summed E-state index contributed by atoms with van der Waals surface area (Å²) in [5, 5.41) is 12.2. The van der Waals surface area contributed by atoms with E-state index in [-0.39, 0.29) is 11.7 Å². The summed E-state index contributed by atoms with van der Waals surface area (Å²) in [6.45, 7) is 1.92. The van der Waals surface area contributed by atoms with Crippen LogP contribution in [0.4, 0.5) is 10.1 Å². The minimum absolute atomic E-state index is 0.264. The third-order valence-corrected chi connectivity index (χ3v) is 4.81. The van der Waals surface area contributed by atoms with E-state index in [1.165, 1.54) is 6.07 Å². The Morgan fingerprint density at radius 1 is 0.964 bits per heavy atom. The molecule has 4 rings (SSSR count). The first-order valence-corrected chi connectivity index (χ1v) is 9.15. The van der Waals surface area contributed by atoms with Gasteiger partial charge in [0.15, 0.2) is 0 Å². The Morgan fingerprint density at radius 3 is 2.46 bits per heavy atom. The van der Waals surface area contributed by atoms with Crippen molar-refractivity contribution in [1.29, 1.82) is 0 Å². The second-order valence-electron chi connectivity index (χ2n) is 6.37. The number of nitrogens with zero attached hydrogens (tertiary/aromatic N) is 2. The predicted octanol–water partition coefficient (Wildman–Crippen LogP) is 6.04. The summed E-state index contributed by atoms with van der Waals surface area (Å²) in [6, 6.07) is 20.8. The van der Waals surface area contributed by atoms with Crippen molar-refractivity contribution in [1.82, 2.24) is 10.2 Å². The highest BCUT2D eigenvalue weighted by Gasteiger charge is 2.24. The van der Waals surface area contributed by atoms with Gasteiger partial charge in [-0.25, -0.2) is 4.39 Å². The van der Waals surface area contributed by atoms with Crippen LogP contribution in [0.25, 0.3) is 11.5 Å². The fraction of sp³-hybridized carbons (Fsp3) is 0.0909. The molecule has 0 aliphatic carbocycles. The molecule has 28 heavy (non-hydrogen) atoms. The van der Waals surface area contributed by atoms with Gasteiger partial charge in [0, 0.05) is 21.8 Å². The average Bonchev–Trinajstić information content (AvgIpc) is 3.20. The van der Waals surface area contributed by atoms with Crippen LogP contribution in [-0.2, 0) is 0 Å². The van der Waals surface area contributed by atoms with Crippen LogP contribution in [0.5, 0.6) is 0 Å². The van der Waals surface area contributed by atoms with Gasteiger partial charge in [-0.15, -0.1) is 10.2 Å².